The van der Waals surface area contributed by atoms with Crippen LogP contribution in [0.2, 0.25) is 0 Å². The molecule has 9 aromatic carbocycles. The zero-order valence-electron chi connectivity index (χ0n) is 47.7. The standard InChI is InChI=1S/C48H42N2O2.C27H25N3O.CH4/c1-3-4-5-6-7-15-31-49-33(2)38-21-16-22-41-45(38)42(47(49)51)32-34-29-30-48(52-46(34)41,35-17-9-8-10-18-35)36-25-27-37(28-26-36)50-43-23-13-11-19-39(43)40-20-12-14-24-44(40)50;1-4-16-30-22-10-6-5-9-21(22)26(2,3)27(30)17-29-25-20-12-11-18-8-7-15-28-24(18)19(20)13-14-23(25)31-27;/h8-14,16-30,32H,2-7,15,31H2,1H3;5-15,17H,4,16H2,1-3H3;1H4. The molecule has 12 aromatic rings. The number of benzene rings is 9. The molecule has 418 valence electrons. The molecule has 2 unspecified atom stereocenters. The van der Waals surface area contributed by atoms with E-state index in [0.717, 1.165) is 114 Å². The first-order valence-electron chi connectivity index (χ1n) is 29.7. The van der Waals surface area contributed by atoms with E-state index in [9.17, 15) is 4.79 Å². The molecule has 3 aliphatic rings. The van der Waals surface area contributed by atoms with Crippen LogP contribution in [0.15, 0.2) is 210 Å². The molecule has 1 spiro atoms. The lowest BCUT2D eigenvalue weighted by molar-refractivity contribution is 0.0778. The van der Waals surface area contributed by atoms with Crippen LogP contribution in [-0.2, 0) is 17.6 Å². The van der Waals surface area contributed by atoms with Crippen molar-refractivity contribution in [3.63, 3.8) is 0 Å². The van der Waals surface area contributed by atoms with Crippen LogP contribution in [0.25, 0.3) is 83.4 Å². The Morgan fingerprint density at radius 2 is 1.26 bits per heavy atom. The van der Waals surface area contributed by atoms with Crippen molar-refractivity contribution in [2.24, 2.45) is 4.99 Å². The first kappa shape index (κ1) is 54.0. The molecular weight excluding hydrogens is 1030 g/mol. The van der Waals surface area contributed by atoms with Gasteiger partial charge in [0.15, 0.2) is 5.60 Å². The third kappa shape index (κ3) is 8.43. The quantitative estimate of drug-likeness (QED) is 0.0900. The Morgan fingerprint density at radius 3 is 2.04 bits per heavy atom. The van der Waals surface area contributed by atoms with Crippen molar-refractivity contribution < 1.29 is 9.47 Å². The minimum atomic E-state index is -0.882. The first-order chi connectivity index (χ1) is 40.7. The predicted molar refractivity (Wildman–Crippen MR) is 352 cm³/mol. The lowest BCUT2D eigenvalue weighted by Gasteiger charge is -2.46. The van der Waals surface area contributed by atoms with Crippen LogP contribution >= 0.6 is 0 Å². The van der Waals surface area contributed by atoms with Crippen molar-refractivity contribution >= 4 is 95.3 Å². The van der Waals surface area contributed by atoms with Gasteiger partial charge in [-0.15, -0.1) is 0 Å². The molecule has 6 heterocycles. The highest BCUT2D eigenvalue weighted by molar-refractivity contribution is 6.14. The van der Waals surface area contributed by atoms with E-state index in [-0.39, 0.29) is 18.4 Å². The number of fused-ring (bicyclic) bond motifs is 11. The molecular formula is C76H71N5O3. The monoisotopic (exact) mass is 1100 g/mol. The van der Waals surface area contributed by atoms with Gasteiger partial charge in [-0.1, -0.05) is 199 Å². The number of aliphatic imine (C=N–C) groups is 1. The Hall–Kier alpha value is -9.27. The van der Waals surface area contributed by atoms with Crippen LogP contribution in [0.1, 0.15) is 102 Å². The van der Waals surface area contributed by atoms with E-state index in [1.807, 2.05) is 35.2 Å². The van der Waals surface area contributed by atoms with Crippen molar-refractivity contribution in [2.75, 3.05) is 11.4 Å². The van der Waals surface area contributed by atoms with Crippen LogP contribution in [0.3, 0.4) is 0 Å². The highest BCUT2D eigenvalue weighted by atomic mass is 16.5. The molecule has 2 atom stereocenters. The summed E-state index contributed by atoms with van der Waals surface area (Å²) < 4.78 is 18.5. The molecule has 3 aromatic heterocycles. The zero-order chi connectivity index (χ0) is 56.5. The van der Waals surface area contributed by atoms with Crippen molar-refractivity contribution in [3.05, 3.63) is 238 Å². The SMILES string of the molecule is C.C=c1c2cccc3c4c(cc(c(=O)n1CCCCCCCC)c32)C=CC(c1ccccc1)(c1ccc(-n2c3ccccc3c3ccccc32)cc1)O4.CCCN1c2ccccc2C(C)(C)C12C=Nc1c(ccc3c1ccc1cccnc13)O2. The van der Waals surface area contributed by atoms with Gasteiger partial charge in [0.05, 0.1) is 28.2 Å². The fraction of sp³-hybridized carbons (Fsp3) is 0.224. The summed E-state index contributed by atoms with van der Waals surface area (Å²) >= 11 is 0. The van der Waals surface area contributed by atoms with Crippen molar-refractivity contribution in [1.29, 1.82) is 0 Å². The summed E-state index contributed by atoms with van der Waals surface area (Å²) in [7, 11) is 0. The number of para-hydroxylation sites is 3. The van der Waals surface area contributed by atoms with Gasteiger partial charge in [0, 0.05) is 101 Å². The molecule has 15 rings (SSSR count). The number of aromatic nitrogens is 3. The Bertz CT molecular complexity index is 4620. The Morgan fingerprint density at radius 1 is 0.583 bits per heavy atom. The van der Waals surface area contributed by atoms with Crippen LogP contribution in [0.5, 0.6) is 11.5 Å². The topological polar surface area (TPSA) is 73.9 Å². The van der Waals surface area contributed by atoms with Gasteiger partial charge in [-0.05, 0) is 92.9 Å². The van der Waals surface area contributed by atoms with Crippen LogP contribution in [0, 0.1) is 0 Å². The van der Waals surface area contributed by atoms with E-state index in [0.29, 0.717) is 6.54 Å². The van der Waals surface area contributed by atoms with Crippen LogP contribution in [-0.4, -0.2) is 32.6 Å². The van der Waals surface area contributed by atoms with Gasteiger partial charge in [0.2, 0.25) is 5.72 Å². The molecule has 8 nitrogen and oxygen atoms in total. The average Bonchev–Trinajstić information content (AvgIpc) is 1.73. The molecule has 0 fully saturated rings. The summed E-state index contributed by atoms with van der Waals surface area (Å²) in [6.07, 6.45) is 16.3. The zero-order valence-corrected chi connectivity index (χ0v) is 47.7. The molecule has 0 saturated carbocycles. The molecule has 0 radical (unpaired) electrons. The van der Waals surface area contributed by atoms with Crippen LogP contribution in [0.4, 0.5) is 11.4 Å². The smallest absolute Gasteiger partial charge is 0.258 e. The number of pyridine rings is 2. The second kappa shape index (κ2) is 21.5. The fourth-order valence-corrected chi connectivity index (χ4v) is 13.8. The molecule has 0 N–H and O–H groups in total. The first-order valence-corrected chi connectivity index (χ1v) is 29.7. The summed E-state index contributed by atoms with van der Waals surface area (Å²) in [5.41, 5.74) is 9.09. The molecule has 84 heavy (non-hydrogen) atoms. The number of nitrogens with zero attached hydrogens (tertiary/aromatic N) is 5. The van der Waals surface area contributed by atoms with E-state index in [4.69, 9.17) is 14.5 Å². The molecule has 8 heteroatoms. The number of rotatable bonds is 12. The largest absolute Gasteiger partial charge is 0.472 e. The molecule has 0 bridgehead atoms. The number of hydrogen-bond acceptors (Lipinski definition) is 6. The Balaban J connectivity index is 0.000000175. The van der Waals surface area contributed by atoms with E-state index in [1.54, 1.807) is 0 Å². The maximum absolute atomic E-state index is 14.1. The van der Waals surface area contributed by atoms with Gasteiger partial charge in [0.1, 0.15) is 17.2 Å². The highest BCUT2D eigenvalue weighted by Gasteiger charge is 2.59. The van der Waals surface area contributed by atoms with Gasteiger partial charge in [-0.3, -0.25) is 14.8 Å². The number of unbranched alkanes of at least 4 members (excludes halogenated alkanes) is 5. The highest BCUT2D eigenvalue weighted by Crippen LogP contribution is 2.55. The second-order valence-corrected chi connectivity index (χ2v) is 23.2. The van der Waals surface area contributed by atoms with Crippen molar-refractivity contribution in [3.8, 4) is 17.2 Å². The third-order valence-corrected chi connectivity index (χ3v) is 18.0. The minimum Gasteiger partial charge on any atom is -0.472 e. The fourth-order valence-electron chi connectivity index (χ4n) is 13.8. The summed E-state index contributed by atoms with van der Waals surface area (Å²) in [5.74, 6) is 1.61. The van der Waals surface area contributed by atoms with E-state index < -0.39 is 11.3 Å². The second-order valence-electron chi connectivity index (χ2n) is 23.2. The van der Waals surface area contributed by atoms with Gasteiger partial charge in [-0.2, -0.15) is 0 Å². The van der Waals surface area contributed by atoms with Crippen LogP contribution < -0.4 is 25.3 Å². The van der Waals surface area contributed by atoms with Gasteiger partial charge in [0.25, 0.3) is 5.56 Å². The summed E-state index contributed by atoms with van der Waals surface area (Å²) in [6.45, 7) is 15.0. The molecule has 3 aliphatic heterocycles. The third-order valence-electron chi connectivity index (χ3n) is 18.0. The Labute approximate surface area is 491 Å². The summed E-state index contributed by atoms with van der Waals surface area (Å²) in [6, 6.07) is 65.8. The average molecular weight is 1100 g/mol. The number of ether oxygens (including phenoxy) is 2. The lowest BCUT2D eigenvalue weighted by Crippen LogP contribution is -2.62. The van der Waals surface area contributed by atoms with Gasteiger partial charge >= 0.3 is 0 Å². The minimum absolute atomic E-state index is 0. The maximum atomic E-state index is 14.1. The lowest BCUT2D eigenvalue weighted by atomic mass is 9.77. The Kier molecular flexibility index (Phi) is 13.8. The van der Waals surface area contributed by atoms with Crippen molar-refractivity contribution in [2.45, 2.75) is 103 Å². The summed E-state index contributed by atoms with van der Waals surface area (Å²) in [4.78, 5) is 26.2. The normalized spacial score (nSPS) is 17.3. The van der Waals surface area contributed by atoms with Gasteiger partial charge in [-0.25, -0.2) is 0 Å². The predicted octanol–water partition coefficient (Wildman–Crippen LogP) is 18.1. The molecule has 0 aliphatic carbocycles. The maximum Gasteiger partial charge on any atom is 0.258 e. The summed E-state index contributed by atoms with van der Waals surface area (Å²) in [5, 5.41) is 10.1. The molecule has 0 amide bonds. The van der Waals surface area contributed by atoms with Crippen molar-refractivity contribution in [1.82, 2.24) is 14.1 Å². The molecule has 0 saturated heterocycles. The number of anilines is 1. The van der Waals surface area contributed by atoms with E-state index in [2.05, 4.69) is 231 Å². The van der Waals surface area contributed by atoms with E-state index >= 15 is 0 Å². The van der Waals surface area contributed by atoms with Gasteiger partial charge < -0.3 is 23.5 Å². The number of hydrogen-bond donors (Lipinski definition) is 0. The van der Waals surface area contributed by atoms with E-state index in [1.165, 1.54) is 58.7 Å².